The van der Waals surface area contributed by atoms with Gasteiger partial charge in [-0.1, -0.05) is 71.8 Å². The Bertz CT molecular complexity index is 2980. The maximum absolute atomic E-state index is 15.6. The van der Waals surface area contributed by atoms with Gasteiger partial charge in [-0.15, -0.1) is 0 Å². The predicted molar refractivity (Wildman–Crippen MR) is 330 cm³/mol. The molecule has 2 bridgehead atoms. The molecule has 498 valence electrons. The molecular formula is C59H80N4O23S4. The molecule has 1 aromatic rings. The normalized spacial score (nSPS) is 34.2. The van der Waals surface area contributed by atoms with Crippen LogP contribution in [-0.2, 0) is 77.3 Å². The lowest BCUT2D eigenvalue weighted by Crippen LogP contribution is -2.65. The molecule has 6 aliphatic rings. The number of fused-ring (bicyclic) bond motifs is 2. The number of aliphatic hydroxyl groups is 4. The SMILES string of the molecule is C=C(OC)C(=O)Nc1cc(OC)c(OC)cc1C(=O)OC1CC(OC2C(=O)C(NC(=O)OC)=C3C(=CCSSSC)C2(O)C#CC=CC#CC3OC2OC(C)C(NOC3CC(O)C(S(C)=O)C(C)O3)C(O)C2OC2CC(OC)C(NC(C)C)CO2)OC(C)C1O. The van der Waals surface area contributed by atoms with Crippen molar-refractivity contribution in [2.75, 3.05) is 65.7 Å². The summed E-state index contributed by atoms with van der Waals surface area (Å²) >= 11 is 0. The minimum atomic E-state index is -2.68. The van der Waals surface area contributed by atoms with E-state index in [9.17, 15) is 39.0 Å². The minimum absolute atomic E-state index is 0.0618. The second-order valence-corrected chi connectivity index (χ2v) is 27.6. The number of aliphatic hydroxyl groups excluding tert-OH is 3. The maximum atomic E-state index is 15.6. The van der Waals surface area contributed by atoms with E-state index < -0.39 is 156 Å². The number of benzene rings is 1. The Labute approximate surface area is 536 Å². The second-order valence-electron chi connectivity index (χ2n) is 21.7. The molecule has 31 heteroatoms. The number of ketones is 1. The van der Waals surface area contributed by atoms with Gasteiger partial charge in [-0.3, -0.25) is 24.0 Å². The summed E-state index contributed by atoms with van der Waals surface area (Å²) in [5.41, 5.74) is -1.10. The highest BCUT2D eigenvalue weighted by Gasteiger charge is 2.57. The third-order valence-corrected chi connectivity index (χ3v) is 20.5. The number of rotatable bonds is 25. The molecule has 2 amide bonds. The van der Waals surface area contributed by atoms with E-state index in [0.29, 0.717) is 0 Å². The molecule has 4 aliphatic heterocycles. The topological polar surface area (TPSA) is 344 Å². The van der Waals surface area contributed by atoms with Gasteiger partial charge >= 0.3 is 12.1 Å². The van der Waals surface area contributed by atoms with Crippen molar-refractivity contribution in [3.63, 3.8) is 0 Å². The zero-order chi connectivity index (χ0) is 65.7. The molecule has 4 fully saturated rings. The highest BCUT2D eigenvalue weighted by Crippen LogP contribution is 2.44. The maximum Gasteiger partial charge on any atom is 0.411 e. The molecule has 7 rings (SSSR count). The summed E-state index contributed by atoms with van der Waals surface area (Å²) in [5, 5.41) is 56.3. The Morgan fingerprint density at radius 1 is 0.878 bits per heavy atom. The van der Waals surface area contributed by atoms with E-state index in [1.165, 1.54) is 90.2 Å². The Balaban J connectivity index is 1.27. The van der Waals surface area contributed by atoms with E-state index in [4.69, 9.17) is 66.4 Å². The van der Waals surface area contributed by atoms with Gasteiger partial charge in [0.1, 0.15) is 30.5 Å². The number of nitrogens with one attached hydrogen (secondary N) is 4. The Hall–Kier alpha value is -4.82. The summed E-state index contributed by atoms with van der Waals surface area (Å²) < 4.78 is 90.2. The van der Waals surface area contributed by atoms with Gasteiger partial charge in [-0.2, -0.15) is 5.48 Å². The molecule has 0 radical (unpaired) electrons. The van der Waals surface area contributed by atoms with Gasteiger partial charge in [-0.25, -0.2) is 9.59 Å². The van der Waals surface area contributed by atoms with Crippen LogP contribution in [0.3, 0.4) is 0 Å². The van der Waals surface area contributed by atoms with E-state index in [0.717, 1.165) is 7.11 Å². The standard InChI is InChI=1S/C59H80N4O23S4/c1-28(2)60-36-27-78-43(25-39(36)74-8)84-52-50(66)47(63-86-45-24-37(64)53(90(13)72)31(5)80-45)29(3)81-57(52)83-38-18-16-14-15-17-20-59(71)34(19-21-88-89-87-12)46(38)48(62-58(70)77-11)51(67)54(59)85-44-26-42(49(65)30(4)79-44)82-56(69)33-22-40(75-9)41(76-10)23-35(33)61-55(68)32(6)73-7/h14-15,19,22-23,28-31,36-39,42-45,47,49-50,52-54,57,60,63-66,71H,6,21,24-27H2,1-5,7-13H3,(H,61,68)(H,62,70). The fourth-order valence-electron chi connectivity index (χ4n) is 10.9. The quantitative estimate of drug-likeness (QED) is 0.0133. The average molecular weight is 1340 g/mol. The van der Waals surface area contributed by atoms with Crippen molar-refractivity contribution in [2.45, 2.75) is 175 Å². The van der Waals surface area contributed by atoms with E-state index in [1.807, 2.05) is 20.1 Å². The first-order chi connectivity index (χ1) is 42.9. The van der Waals surface area contributed by atoms with Gasteiger partial charge in [0.15, 0.2) is 54.1 Å². The summed E-state index contributed by atoms with van der Waals surface area (Å²) in [6, 6.07) is 1.28. The summed E-state index contributed by atoms with van der Waals surface area (Å²) in [6.07, 6.45) is -13.4. The molecule has 4 heterocycles. The average Bonchev–Trinajstić information content (AvgIpc) is 0.766. The molecule has 4 saturated heterocycles. The van der Waals surface area contributed by atoms with Crippen molar-refractivity contribution in [3.05, 3.63) is 65.1 Å². The molecule has 0 saturated carbocycles. The molecular weight excluding hydrogens is 1260 g/mol. The Kier molecular flexibility index (Phi) is 26.9. The van der Waals surface area contributed by atoms with Crippen molar-refractivity contribution in [1.29, 1.82) is 0 Å². The van der Waals surface area contributed by atoms with Crippen LogP contribution in [0.4, 0.5) is 10.5 Å². The summed E-state index contributed by atoms with van der Waals surface area (Å²) in [5.74, 6) is 8.49. The smallest absolute Gasteiger partial charge is 0.411 e. The van der Waals surface area contributed by atoms with E-state index in [-0.39, 0.29) is 76.9 Å². The monoisotopic (exact) mass is 1340 g/mol. The van der Waals surface area contributed by atoms with E-state index in [2.05, 4.69) is 51.7 Å². The molecule has 8 N–H and O–H groups in total. The molecule has 0 aromatic heterocycles. The number of methoxy groups -OCH3 is 5. The lowest BCUT2D eigenvalue weighted by atomic mass is 9.73. The lowest BCUT2D eigenvalue weighted by Gasteiger charge is -2.47. The van der Waals surface area contributed by atoms with Crippen molar-refractivity contribution < 1.29 is 110 Å². The first-order valence-electron chi connectivity index (χ1n) is 28.6. The number of hydrogen-bond acceptors (Lipinski definition) is 28. The highest BCUT2D eigenvalue weighted by atomic mass is 33.5. The van der Waals surface area contributed by atoms with Gasteiger partial charge in [0.05, 0.1) is 99.8 Å². The van der Waals surface area contributed by atoms with Gasteiger partial charge in [0.2, 0.25) is 5.78 Å². The van der Waals surface area contributed by atoms with Crippen molar-refractivity contribution in [1.82, 2.24) is 16.1 Å². The Morgan fingerprint density at radius 2 is 1.58 bits per heavy atom. The predicted octanol–water partition coefficient (Wildman–Crippen LogP) is 2.43. The van der Waals surface area contributed by atoms with Crippen LogP contribution in [0.25, 0.3) is 0 Å². The van der Waals surface area contributed by atoms with E-state index >= 15 is 4.79 Å². The number of allylic oxidation sites excluding steroid dienone is 2. The molecule has 20 unspecified atom stereocenters. The molecule has 20 atom stereocenters. The van der Waals surface area contributed by atoms with Gasteiger partial charge < -0.3 is 92.6 Å². The molecule has 1 aromatic carbocycles. The van der Waals surface area contributed by atoms with Crippen LogP contribution in [0.15, 0.2) is 59.5 Å². The van der Waals surface area contributed by atoms with Crippen molar-refractivity contribution >= 4 is 71.7 Å². The van der Waals surface area contributed by atoms with Gasteiger partial charge in [0.25, 0.3) is 5.91 Å². The van der Waals surface area contributed by atoms with Gasteiger partial charge in [0, 0.05) is 78.5 Å². The van der Waals surface area contributed by atoms with Crippen LogP contribution < -0.4 is 30.9 Å². The van der Waals surface area contributed by atoms with E-state index in [1.54, 1.807) is 27.0 Å². The number of hydrogen-bond donors (Lipinski definition) is 8. The number of alkyl carbamates (subject to hydrolysis) is 1. The number of carbonyl (C=O) groups is 4. The van der Waals surface area contributed by atoms with Crippen LogP contribution in [-0.4, -0.2) is 230 Å². The summed E-state index contributed by atoms with van der Waals surface area (Å²) in [7, 11) is 9.27. The third kappa shape index (κ3) is 17.5. The number of hydroxylamine groups is 1. The molecule has 0 spiro atoms. The Morgan fingerprint density at radius 3 is 2.23 bits per heavy atom. The van der Waals surface area contributed by atoms with Crippen LogP contribution in [0.1, 0.15) is 64.2 Å². The first-order valence-corrected chi connectivity index (χ1v) is 34.3. The van der Waals surface area contributed by atoms with Crippen molar-refractivity contribution in [2.24, 2.45) is 0 Å². The molecule has 90 heavy (non-hydrogen) atoms. The van der Waals surface area contributed by atoms with Crippen molar-refractivity contribution in [3.8, 4) is 35.2 Å². The zero-order valence-electron chi connectivity index (χ0n) is 51.8. The summed E-state index contributed by atoms with van der Waals surface area (Å²) in [6.45, 7) is 12.4. The highest BCUT2D eigenvalue weighted by molar-refractivity contribution is 9.09. The number of esters is 1. The van der Waals surface area contributed by atoms with Crippen LogP contribution in [0.5, 0.6) is 11.5 Å². The fourth-order valence-corrected chi connectivity index (χ4v) is 14.5. The van der Waals surface area contributed by atoms with Crippen LogP contribution >= 0.6 is 31.4 Å². The largest absolute Gasteiger partial charge is 0.493 e. The fraction of sp³-hybridized carbons (Fsp3) is 0.627. The zero-order valence-corrected chi connectivity index (χ0v) is 55.0. The number of carbonyl (C=O) groups excluding carboxylic acids is 4. The minimum Gasteiger partial charge on any atom is -0.493 e. The van der Waals surface area contributed by atoms with Gasteiger partial charge in [-0.05, 0) is 49.0 Å². The number of Topliss-reactive ketones (excluding diaryl/α,β-unsaturated/α-hetero) is 1. The molecule has 2 aliphatic carbocycles. The van der Waals surface area contributed by atoms with Crippen LogP contribution in [0, 0.1) is 23.7 Å². The van der Waals surface area contributed by atoms with Crippen LogP contribution in [0.2, 0.25) is 0 Å². The number of ether oxygens (including phenoxy) is 13. The first kappa shape index (κ1) is 72.6. The number of anilines is 1. The third-order valence-electron chi connectivity index (χ3n) is 15.4. The lowest BCUT2D eigenvalue weighted by molar-refractivity contribution is -0.336. The molecule has 27 nitrogen and oxygen atoms in total. The second kappa shape index (κ2) is 33.3. The summed E-state index contributed by atoms with van der Waals surface area (Å²) in [4.78, 5) is 62.4. The number of amides is 2.